The van der Waals surface area contributed by atoms with Gasteiger partial charge in [0.05, 0.1) is 6.20 Å². The van der Waals surface area contributed by atoms with Gasteiger partial charge in [0.2, 0.25) is 0 Å². The van der Waals surface area contributed by atoms with E-state index >= 15 is 0 Å². The van der Waals surface area contributed by atoms with Gasteiger partial charge in [-0.1, -0.05) is 13.8 Å². The zero-order valence-electron chi connectivity index (χ0n) is 8.27. The molecule has 2 aromatic heterocycles. The Morgan fingerprint density at radius 3 is 2.93 bits per heavy atom. The van der Waals surface area contributed by atoms with Gasteiger partial charge in [-0.25, -0.2) is 4.98 Å². The van der Waals surface area contributed by atoms with E-state index in [0.29, 0.717) is 11.6 Å². The highest BCUT2D eigenvalue weighted by atomic mass is 16.1. The maximum atomic E-state index is 10.6. The molecule has 0 fully saturated rings. The first-order valence-corrected chi connectivity index (χ1v) is 4.64. The molecule has 3 nitrogen and oxygen atoms in total. The van der Waals surface area contributed by atoms with Crippen molar-refractivity contribution in [1.82, 2.24) is 9.38 Å². The summed E-state index contributed by atoms with van der Waals surface area (Å²) in [6, 6.07) is 4.03. The molecule has 0 saturated carbocycles. The van der Waals surface area contributed by atoms with Crippen LogP contribution in [0.3, 0.4) is 0 Å². The number of hydrogen-bond acceptors (Lipinski definition) is 2. The highest BCUT2D eigenvalue weighted by Crippen LogP contribution is 2.16. The topological polar surface area (TPSA) is 34.4 Å². The van der Waals surface area contributed by atoms with Gasteiger partial charge in [0.1, 0.15) is 11.3 Å². The van der Waals surface area contributed by atoms with Crippen LogP contribution in [0.15, 0.2) is 24.5 Å². The second-order valence-corrected chi connectivity index (χ2v) is 3.64. The van der Waals surface area contributed by atoms with Crippen molar-refractivity contribution >= 4 is 11.9 Å². The first-order valence-electron chi connectivity index (χ1n) is 4.64. The Labute approximate surface area is 82.4 Å². The zero-order valence-corrected chi connectivity index (χ0v) is 8.27. The monoisotopic (exact) mass is 188 g/mol. The van der Waals surface area contributed by atoms with Crippen LogP contribution in [-0.2, 0) is 0 Å². The van der Waals surface area contributed by atoms with Crippen LogP contribution in [0.4, 0.5) is 0 Å². The second-order valence-electron chi connectivity index (χ2n) is 3.64. The van der Waals surface area contributed by atoms with Gasteiger partial charge in [0.15, 0.2) is 6.29 Å². The van der Waals surface area contributed by atoms with Crippen molar-refractivity contribution in [3.63, 3.8) is 0 Å². The molecule has 0 radical (unpaired) electrons. The molecule has 0 aliphatic rings. The van der Waals surface area contributed by atoms with Crippen LogP contribution in [0.25, 0.3) is 5.65 Å². The summed E-state index contributed by atoms with van der Waals surface area (Å²) in [4.78, 5) is 14.8. The molecule has 14 heavy (non-hydrogen) atoms. The Bertz CT molecular complexity index is 471. The van der Waals surface area contributed by atoms with Gasteiger partial charge < -0.3 is 0 Å². The van der Waals surface area contributed by atoms with Gasteiger partial charge in [-0.2, -0.15) is 0 Å². The minimum absolute atomic E-state index is 0.483. The van der Waals surface area contributed by atoms with E-state index < -0.39 is 0 Å². The highest BCUT2D eigenvalue weighted by Gasteiger charge is 2.04. The van der Waals surface area contributed by atoms with Crippen molar-refractivity contribution in [2.24, 2.45) is 0 Å². The van der Waals surface area contributed by atoms with Crippen molar-refractivity contribution in [2.45, 2.75) is 19.8 Å². The third-order valence-corrected chi connectivity index (χ3v) is 2.35. The first kappa shape index (κ1) is 8.94. The van der Waals surface area contributed by atoms with Gasteiger partial charge in [0.25, 0.3) is 0 Å². The number of fused-ring (bicyclic) bond motifs is 1. The third-order valence-electron chi connectivity index (χ3n) is 2.35. The van der Waals surface area contributed by atoms with Crippen molar-refractivity contribution in [3.8, 4) is 0 Å². The summed E-state index contributed by atoms with van der Waals surface area (Å²) in [5.41, 5.74) is 2.66. The number of aldehydes is 1. The number of carbonyl (C=O) groups excluding carboxylic acids is 1. The van der Waals surface area contributed by atoms with Gasteiger partial charge in [-0.3, -0.25) is 9.20 Å². The fourth-order valence-corrected chi connectivity index (χ4v) is 1.46. The highest BCUT2D eigenvalue weighted by molar-refractivity contribution is 5.73. The van der Waals surface area contributed by atoms with E-state index in [1.165, 1.54) is 5.56 Å². The van der Waals surface area contributed by atoms with E-state index in [2.05, 4.69) is 18.8 Å². The minimum atomic E-state index is 0.483. The summed E-state index contributed by atoms with van der Waals surface area (Å²) in [6.45, 7) is 4.27. The number of rotatable bonds is 2. The lowest BCUT2D eigenvalue weighted by Gasteiger charge is -2.05. The van der Waals surface area contributed by atoms with E-state index in [-0.39, 0.29) is 0 Å². The van der Waals surface area contributed by atoms with Gasteiger partial charge >= 0.3 is 0 Å². The summed E-state index contributed by atoms with van der Waals surface area (Å²) in [5, 5.41) is 0. The van der Waals surface area contributed by atoms with Crippen LogP contribution in [-0.4, -0.2) is 15.7 Å². The van der Waals surface area contributed by atoms with Crippen LogP contribution < -0.4 is 0 Å². The Balaban J connectivity index is 2.63. The number of hydrogen-bond donors (Lipinski definition) is 0. The van der Waals surface area contributed by atoms with Crippen LogP contribution in [0.2, 0.25) is 0 Å². The molecule has 2 rings (SSSR count). The lowest BCUT2D eigenvalue weighted by Crippen LogP contribution is -1.93. The molecule has 0 saturated heterocycles. The Kier molecular flexibility index (Phi) is 2.08. The molecular weight excluding hydrogens is 176 g/mol. The summed E-state index contributed by atoms with van der Waals surface area (Å²) >= 11 is 0. The zero-order chi connectivity index (χ0) is 10.1. The number of carbonyl (C=O) groups is 1. The predicted molar refractivity (Wildman–Crippen MR) is 54.7 cm³/mol. The molecule has 72 valence electrons. The molecule has 0 unspecified atom stereocenters. The summed E-state index contributed by atoms with van der Waals surface area (Å²) in [5.74, 6) is 0.483. The SMILES string of the molecule is CC(C)c1ccn2c(C=O)cnc2c1. The first-order chi connectivity index (χ1) is 6.72. The van der Waals surface area contributed by atoms with Crippen LogP contribution in [0.5, 0.6) is 0 Å². The van der Waals surface area contributed by atoms with Crippen molar-refractivity contribution in [2.75, 3.05) is 0 Å². The molecule has 0 aromatic carbocycles. The van der Waals surface area contributed by atoms with E-state index in [4.69, 9.17) is 0 Å². The summed E-state index contributed by atoms with van der Waals surface area (Å²) < 4.78 is 1.79. The molecule has 0 aliphatic heterocycles. The standard InChI is InChI=1S/C11H12N2O/c1-8(2)9-3-4-13-10(7-14)6-12-11(13)5-9/h3-8H,1-2H3. The second kappa shape index (κ2) is 3.25. The number of aromatic nitrogens is 2. The fourth-order valence-electron chi connectivity index (χ4n) is 1.46. The van der Waals surface area contributed by atoms with Crippen molar-refractivity contribution in [3.05, 3.63) is 35.8 Å². The molecule has 0 spiro atoms. The lowest BCUT2D eigenvalue weighted by atomic mass is 10.1. The average Bonchev–Trinajstić information content (AvgIpc) is 2.59. The van der Waals surface area contributed by atoms with Gasteiger partial charge in [0, 0.05) is 6.20 Å². The predicted octanol–water partition coefficient (Wildman–Crippen LogP) is 2.27. The molecule has 0 bridgehead atoms. The van der Waals surface area contributed by atoms with E-state index in [1.54, 1.807) is 10.6 Å². The minimum Gasteiger partial charge on any atom is -0.297 e. The van der Waals surface area contributed by atoms with Crippen molar-refractivity contribution in [1.29, 1.82) is 0 Å². The normalized spacial score (nSPS) is 11.1. The Hall–Kier alpha value is -1.64. The van der Waals surface area contributed by atoms with Crippen LogP contribution >= 0.6 is 0 Å². The maximum Gasteiger partial charge on any atom is 0.168 e. The van der Waals surface area contributed by atoms with E-state index in [0.717, 1.165) is 11.9 Å². The average molecular weight is 188 g/mol. The molecule has 2 aromatic rings. The van der Waals surface area contributed by atoms with Crippen LogP contribution in [0, 0.1) is 0 Å². The Morgan fingerprint density at radius 2 is 2.29 bits per heavy atom. The number of pyridine rings is 1. The van der Waals surface area contributed by atoms with E-state index in [1.807, 2.05) is 18.3 Å². The summed E-state index contributed by atoms with van der Waals surface area (Å²) in [7, 11) is 0. The quantitative estimate of drug-likeness (QED) is 0.677. The number of imidazole rings is 1. The van der Waals surface area contributed by atoms with Crippen molar-refractivity contribution < 1.29 is 4.79 Å². The number of nitrogens with zero attached hydrogens (tertiary/aromatic N) is 2. The third kappa shape index (κ3) is 1.31. The maximum absolute atomic E-state index is 10.6. The van der Waals surface area contributed by atoms with Gasteiger partial charge in [-0.05, 0) is 23.6 Å². The fraction of sp³-hybridized carbons (Fsp3) is 0.273. The molecule has 0 N–H and O–H groups in total. The summed E-state index contributed by atoms with van der Waals surface area (Å²) in [6.07, 6.45) is 4.29. The molecular formula is C11H12N2O. The van der Waals surface area contributed by atoms with Gasteiger partial charge in [-0.15, -0.1) is 0 Å². The van der Waals surface area contributed by atoms with E-state index in [9.17, 15) is 4.79 Å². The Morgan fingerprint density at radius 1 is 1.50 bits per heavy atom. The molecule has 0 aliphatic carbocycles. The molecule has 3 heteroatoms. The molecule has 2 heterocycles. The largest absolute Gasteiger partial charge is 0.297 e. The molecule has 0 amide bonds. The lowest BCUT2D eigenvalue weighted by molar-refractivity contribution is 0.111. The van der Waals surface area contributed by atoms with Crippen LogP contribution in [0.1, 0.15) is 35.8 Å². The smallest absolute Gasteiger partial charge is 0.168 e. The molecule has 0 atom stereocenters.